The molecule has 126 valence electrons. The van der Waals surface area contributed by atoms with Gasteiger partial charge in [0.2, 0.25) is 0 Å². The highest BCUT2D eigenvalue weighted by atomic mass is 19.1. The van der Waals surface area contributed by atoms with Gasteiger partial charge in [0, 0.05) is 20.1 Å². The molecule has 4 heteroatoms. The Bertz CT molecular complexity index is 684. The molecule has 3 rings (SSSR count). The molecule has 0 aromatic heterocycles. The molecule has 3 nitrogen and oxygen atoms in total. The fraction of sp³-hybridized carbons (Fsp3) is 0.350. The van der Waals surface area contributed by atoms with Gasteiger partial charge >= 0.3 is 0 Å². The van der Waals surface area contributed by atoms with Gasteiger partial charge in [0.25, 0.3) is 0 Å². The van der Waals surface area contributed by atoms with Crippen LogP contribution in [0.15, 0.2) is 59.6 Å². The van der Waals surface area contributed by atoms with Crippen LogP contribution in [-0.2, 0) is 6.42 Å². The van der Waals surface area contributed by atoms with Crippen molar-refractivity contribution in [2.24, 2.45) is 10.9 Å². The Morgan fingerprint density at radius 2 is 1.96 bits per heavy atom. The molecule has 2 atom stereocenters. The second kappa shape index (κ2) is 7.95. The molecule has 2 N–H and O–H groups in total. The van der Waals surface area contributed by atoms with Crippen molar-refractivity contribution in [3.05, 3.63) is 71.5 Å². The first-order valence-corrected chi connectivity index (χ1v) is 8.50. The molecule has 1 aliphatic carbocycles. The zero-order valence-corrected chi connectivity index (χ0v) is 14.0. The monoisotopic (exact) mass is 325 g/mol. The van der Waals surface area contributed by atoms with Crippen LogP contribution in [0.1, 0.15) is 23.5 Å². The lowest BCUT2D eigenvalue weighted by molar-refractivity contribution is 0.625. The minimum atomic E-state index is -0.185. The zero-order valence-electron chi connectivity index (χ0n) is 14.0. The molecule has 0 amide bonds. The lowest BCUT2D eigenvalue weighted by atomic mass is 10.1. The van der Waals surface area contributed by atoms with Crippen LogP contribution in [0.5, 0.6) is 0 Å². The van der Waals surface area contributed by atoms with Crippen molar-refractivity contribution in [1.82, 2.24) is 10.6 Å². The van der Waals surface area contributed by atoms with Crippen LogP contribution < -0.4 is 10.6 Å². The zero-order chi connectivity index (χ0) is 16.8. The van der Waals surface area contributed by atoms with Gasteiger partial charge in [-0.3, -0.25) is 4.99 Å². The molecule has 1 fully saturated rings. The van der Waals surface area contributed by atoms with Crippen molar-refractivity contribution in [2.75, 3.05) is 20.1 Å². The topological polar surface area (TPSA) is 36.4 Å². The van der Waals surface area contributed by atoms with Gasteiger partial charge < -0.3 is 10.6 Å². The fourth-order valence-electron chi connectivity index (χ4n) is 3.05. The van der Waals surface area contributed by atoms with E-state index >= 15 is 0 Å². The largest absolute Gasteiger partial charge is 0.356 e. The predicted molar refractivity (Wildman–Crippen MR) is 96.8 cm³/mol. The molecule has 1 aliphatic rings. The number of aliphatic imine (C=N–C) groups is 1. The summed E-state index contributed by atoms with van der Waals surface area (Å²) in [5.74, 6) is 1.97. The third-order valence-corrected chi connectivity index (χ3v) is 4.50. The Morgan fingerprint density at radius 1 is 1.12 bits per heavy atom. The summed E-state index contributed by atoms with van der Waals surface area (Å²) in [7, 11) is 1.78. The Labute approximate surface area is 143 Å². The number of rotatable bonds is 6. The van der Waals surface area contributed by atoms with Crippen LogP contribution in [0.2, 0.25) is 0 Å². The molecule has 2 aromatic carbocycles. The summed E-state index contributed by atoms with van der Waals surface area (Å²) < 4.78 is 13.2. The molecule has 0 spiro atoms. The molecule has 0 aliphatic heterocycles. The number of hydrogen-bond donors (Lipinski definition) is 2. The van der Waals surface area contributed by atoms with E-state index < -0.39 is 0 Å². The highest BCUT2D eigenvalue weighted by molar-refractivity contribution is 5.79. The van der Waals surface area contributed by atoms with Crippen molar-refractivity contribution < 1.29 is 4.39 Å². The van der Waals surface area contributed by atoms with Gasteiger partial charge in [0.15, 0.2) is 5.96 Å². The van der Waals surface area contributed by atoms with E-state index in [4.69, 9.17) is 0 Å². The molecule has 24 heavy (non-hydrogen) atoms. The summed E-state index contributed by atoms with van der Waals surface area (Å²) >= 11 is 0. The summed E-state index contributed by atoms with van der Waals surface area (Å²) in [6, 6.07) is 17.4. The van der Waals surface area contributed by atoms with Gasteiger partial charge in [-0.1, -0.05) is 42.5 Å². The second-order valence-electron chi connectivity index (χ2n) is 6.27. The average molecular weight is 325 g/mol. The van der Waals surface area contributed by atoms with E-state index in [1.807, 2.05) is 6.07 Å². The Hall–Kier alpha value is -2.36. The highest BCUT2D eigenvalue weighted by Crippen LogP contribution is 2.46. The van der Waals surface area contributed by atoms with E-state index in [0.717, 1.165) is 31.0 Å². The summed E-state index contributed by atoms with van der Waals surface area (Å²) in [6.07, 6.45) is 2.01. The number of halogens is 1. The molecule has 0 heterocycles. The van der Waals surface area contributed by atoms with E-state index in [0.29, 0.717) is 11.8 Å². The molecule has 1 saturated carbocycles. The summed E-state index contributed by atoms with van der Waals surface area (Å²) in [5.41, 5.74) is 2.42. The van der Waals surface area contributed by atoms with Gasteiger partial charge in [-0.05, 0) is 47.9 Å². The molecule has 0 saturated heterocycles. The molecule has 0 bridgehead atoms. The molecular weight excluding hydrogens is 301 g/mol. The first-order chi connectivity index (χ1) is 11.8. The summed E-state index contributed by atoms with van der Waals surface area (Å²) in [5, 5.41) is 6.69. The van der Waals surface area contributed by atoms with Crippen LogP contribution in [0.4, 0.5) is 4.39 Å². The van der Waals surface area contributed by atoms with Crippen LogP contribution >= 0.6 is 0 Å². The van der Waals surface area contributed by atoms with Crippen molar-refractivity contribution in [3.8, 4) is 0 Å². The van der Waals surface area contributed by atoms with Crippen molar-refractivity contribution >= 4 is 5.96 Å². The van der Waals surface area contributed by atoms with Crippen LogP contribution in [0, 0.1) is 11.7 Å². The summed E-state index contributed by atoms with van der Waals surface area (Å²) in [6.45, 7) is 1.66. The number of nitrogens with one attached hydrogen (secondary N) is 2. The van der Waals surface area contributed by atoms with Crippen molar-refractivity contribution in [2.45, 2.75) is 18.8 Å². The van der Waals surface area contributed by atoms with Crippen molar-refractivity contribution in [1.29, 1.82) is 0 Å². The van der Waals surface area contributed by atoms with Gasteiger partial charge in [0.05, 0.1) is 0 Å². The lowest BCUT2D eigenvalue weighted by Crippen LogP contribution is -2.39. The van der Waals surface area contributed by atoms with E-state index in [1.165, 1.54) is 18.1 Å². The second-order valence-corrected chi connectivity index (χ2v) is 6.27. The number of benzene rings is 2. The maximum absolute atomic E-state index is 13.2. The Kier molecular flexibility index (Phi) is 5.47. The summed E-state index contributed by atoms with van der Waals surface area (Å²) in [4.78, 5) is 4.25. The fourth-order valence-corrected chi connectivity index (χ4v) is 3.05. The predicted octanol–water partition coefficient (Wildman–Crippen LogP) is 3.34. The molecule has 0 radical (unpaired) electrons. The van der Waals surface area contributed by atoms with Gasteiger partial charge in [0.1, 0.15) is 5.82 Å². The Morgan fingerprint density at radius 3 is 2.71 bits per heavy atom. The first kappa shape index (κ1) is 16.5. The average Bonchev–Trinajstić information content (AvgIpc) is 3.38. The normalized spacial score (nSPS) is 19.8. The maximum Gasteiger partial charge on any atom is 0.190 e. The van der Waals surface area contributed by atoms with E-state index in [-0.39, 0.29) is 5.82 Å². The maximum atomic E-state index is 13.2. The van der Waals surface area contributed by atoms with E-state index in [2.05, 4.69) is 46.0 Å². The Balaban J connectivity index is 1.38. The molecular formula is C20H24FN3. The minimum absolute atomic E-state index is 0.185. The first-order valence-electron chi connectivity index (χ1n) is 8.50. The standard InChI is InChI=1S/C20H24FN3/c1-22-20(23-11-10-15-6-5-9-18(21)12-15)24-14-17-13-19(17)16-7-3-2-4-8-16/h2-9,12,17,19H,10-11,13-14H2,1H3,(H2,22,23,24). The number of hydrogen-bond acceptors (Lipinski definition) is 1. The third-order valence-electron chi connectivity index (χ3n) is 4.50. The van der Waals surface area contributed by atoms with E-state index in [1.54, 1.807) is 19.2 Å². The quantitative estimate of drug-likeness (QED) is 0.631. The minimum Gasteiger partial charge on any atom is -0.356 e. The van der Waals surface area contributed by atoms with Crippen LogP contribution in [0.3, 0.4) is 0 Å². The van der Waals surface area contributed by atoms with Crippen LogP contribution in [0.25, 0.3) is 0 Å². The smallest absolute Gasteiger partial charge is 0.190 e. The third kappa shape index (κ3) is 4.57. The van der Waals surface area contributed by atoms with E-state index in [9.17, 15) is 4.39 Å². The van der Waals surface area contributed by atoms with Gasteiger partial charge in [-0.25, -0.2) is 4.39 Å². The highest BCUT2D eigenvalue weighted by Gasteiger charge is 2.37. The SMILES string of the molecule is CN=C(NCCc1cccc(F)c1)NCC1CC1c1ccccc1. The van der Waals surface area contributed by atoms with Crippen molar-refractivity contribution in [3.63, 3.8) is 0 Å². The van der Waals surface area contributed by atoms with Crippen LogP contribution in [-0.4, -0.2) is 26.1 Å². The van der Waals surface area contributed by atoms with Gasteiger partial charge in [-0.15, -0.1) is 0 Å². The number of nitrogens with zero attached hydrogens (tertiary/aromatic N) is 1. The molecule has 2 aromatic rings. The van der Waals surface area contributed by atoms with Gasteiger partial charge in [-0.2, -0.15) is 0 Å². The molecule has 2 unspecified atom stereocenters. The number of guanidine groups is 1. The lowest BCUT2D eigenvalue weighted by Gasteiger charge is -2.12.